The van der Waals surface area contributed by atoms with Gasteiger partial charge in [-0.25, -0.2) is 0 Å². The van der Waals surface area contributed by atoms with Gasteiger partial charge in [0.25, 0.3) is 0 Å². The molecule has 0 fully saturated rings. The largest absolute Gasteiger partial charge is 0.357 e. The zero-order chi connectivity index (χ0) is 17.6. The van der Waals surface area contributed by atoms with E-state index in [-0.39, 0.29) is 0 Å². The fourth-order valence-electron chi connectivity index (χ4n) is 3.70. The molecule has 0 aromatic carbocycles. The molecule has 1 aliphatic heterocycles. The van der Waals surface area contributed by atoms with Gasteiger partial charge in [-0.05, 0) is 20.3 Å². The van der Waals surface area contributed by atoms with E-state index in [0.717, 1.165) is 0 Å². The third-order valence-electron chi connectivity index (χ3n) is 5.72. The van der Waals surface area contributed by atoms with Crippen molar-refractivity contribution < 1.29 is 0 Å². The van der Waals surface area contributed by atoms with Crippen LogP contribution in [-0.2, 0) is 0 Å². The third kappa shape index (κ3) is 8.99. The third-order valence-corrected chi connectivity index (χ3v) is 5.72. The highest BCUT2D eigenvalue weighted by molar-refractivity contribution is 5.05. The lowest BCUT2D eigenvalue weighted by molar-refractivity contribution is 0.185. The standard InChI is InChI=1S/C22H44N2/c1-5-6-7-8-9-10-11-12-13-14-15-16-17-18-19-24-20-21(2)23(4)22(24)3/h20,22H,5-19H2,1-4H3. The second kappa shape index (κ2) is 13.6. The van der Waals surface area contributed by atoms with E-state index in [1.807, 2.05) is 0 Å². The first kappa shape index (κ1) is 21.4. The minimum Gasteiger partial charge on any atom is -0.357 e. The number of nitrogens with zero attached hydrogens (tertiary/aromatic N) is 2. The molecule has 0 aromatic heterocycles. The summed E-state index contributed by atoms with van der Waals surface area (Å²) in [5, 5.41) is 0. The zero-order valence-electron chi connectivity index (χ0n) is 17.2. The second-order valence-corrected chi connectivity index (χ2v) is 7.85. The molecule has 2 heteroatoms. The maximum atomic E-state index is 2.50. The van der Waals surface area contributed by atoms with E-state index >= 15 is 0 Å². The first-order chi connectivity index (χ1) is 11.7. The van der Waals surface area contributed by atoms with Crippen LogP contribution in [-0.4, -0.2) is 29.6 Å². The van der Waals surface area contributed by atoms with E-state index < -0.39 is 0 Å². The Kier molecular flexibility index (Phi) is 12.1. The van der Waals surface area contributed by atoms with Gasteiger partial charge in [-0.1, -0.05) is 90.4 Å². The van der Waals surface area contributed by atoms with E-state index in [0.29, 0.717) is 6.17 Å². The molecule has 0 radical (unpaired) electrons. The Hall–Kier alpha value is -0.660. The predicted octanol–water partition coefficient (Wildman–Crippen LogP) is 6.92. The molecular weight excluding hydrogens is 292 g/mol. The molecule has 142 valence electrons. The predicted molar refractivity (Wildman–Crippen MR) is 108 cm³/mol. The fourth-order valence-corrected chi connectivity index (χ4v) is 3.70. The molecule has 0 spiro atoms. The van der Waals surface area contributed by atoms with Gasteiger partial charge in [-0.2, -0.15) is 0 Å². The molecule has 1 aliphatic rings. The molecule has 1 atom stereocenters. The molecular formula is C22H44N2. The van der Waals surface area contributed by atoms with Crippen molar-refractivity contribution in [3.05, 3.63) is 11.9 Å². The molecule has 0 saturated heterocycles. The number of rotatable bonds is 15. The van der Waals surface area contributed by atoms with Gasteiger partial charge in [0.2, 0.25) is 0 Å². The summed E-state index contributed by atoms with van der Waals surface area (Å²) >= 11 is 0. The quantitative estimate of drug-likeness (QED) is 0.299. The van der Waals surface area contributed by atoms with Crippen molar-refractivity contribution in [3.63, 3.8) is 0 Å². The molecule has 0 amide bonds. The lowest BCUT2D eigenvalue weighted by Crippen LogP contribution is -2.34. The van der Waals surface area contributed by atoms with Crippen LogP contribution in [0.25, 0.3) is 0 Å². The topological polar surface area (TPSA) is 6.48 Å². The highest BCUT2D eigenvalue weighted by Gasteiger charge is 2.21. The Balaban J connectivity index is 1.80. The van der Waals surface area contributed by atoms with Gasteiger partial charge in [0, 0.05) is 25.5 Å². The normalized spacial score (nSPS) is 17.7. The molecule has 2 nitrogen and oxygen atoms in total. The van der Waals surface area contributed by atoms with Crippen LogP contribution in [0.3, 0.4) is 0 Å². The Bertz CT molecular complexity index is 324. The van der Waals surface area contributed by atoms with E-state index in [1.165, 1.54) is 102 Å². The van der Waals surface area contributed by atoms with Gasteiger partial charge in [0.05, 0.1) is 6.17 Å². The smallest absolute Gasteiger partial charge is 0.0977 e. The van der Waals surface area contributed by atoms with E-state index in [2.05, 4.69) is 43.8 Å². The average Bonchev–Trinajstić information content (AvgIpc) is 2.82. The summed E-state index contributed by atoms with van der Waals surface area (Å²) in [5.41, 5.74) is 1.40. The van der Waals surface area contributed by atoms with Crippen LogP contribution in [0.4, 0.5) is 0 Å². The van der Waals surface area contributed by atoms with E-state index in [4.69, 9.17) is 0 Å². The maximum absolute atomic E-state index is 2.50. The summed E-state index contributed by atoms with van der Waals surface area (Å²) in [5.74, 6) is 0. The van der Waals surface area contributed by atoms with Crippen LogP contribution in [0.1, 0.15) is 111 Å². The Labute approximate surface area is 152 Å². The van der Waals surface area contributed by atoms with Gasteiger partial charge in [0.15, 0.2) is 0 Å². The van der Waals surface area contributed by atoms with Gasteiger partial charge in [-0.15, -0.1) is 0 Å². The molecule has 24 heavy (non-hydrogen) atoms. The summed E-state index contributed by atoms with van der Waals surface area (Å²) in [6.07, 6.45) is 23.0. The molecule has 0 N–H and O–H groups in total. The van der Waals surface area contributed by atoms with E-state index in [1.54, 1.807) is 0 Å². The van der Waals surface area contributed by atoms with Crippen molar-refractivity contribution in [1.82, 2.24) is 9.80 Å². The molecule has 0 bridgehead atoms. The summed E-state index contributed by atoms with van der Waals surface area (Å²) in [7, 11) is 2.20. The highest BCUT2D eigenvalue weighted by Crippen LogP contribution is 2.20. The summed E-state index contributed by atoms with van der Waals surface area (Å²) < 4.78 is 0. The fraction of sp³-hybridized carbons (Fsp3) is 0.909. The maximum Gasteiger partial charge on any atom is 0.0977 e. The number of unbranched alkanes of at least 4 members (excludes halogenated alkanes) is 13. The van der Waals surface area contributed by atoms with Crippen LogP contribution in [0.5, 0.6) is 0 Å². The lowest BCUT2D eigenvalue weighted by Gasteiger charge is -2.27. The van der Waals surface area contributed by atoms with E-state index in [9.17, 15) is 0 Å². The number of hydrogen-bond donors (Lipinski definition) is 0. The van der Waals surface area contributed by atoms with Crippen LogP contribution >= 0.6 is 0 Å². The first-order valence-corrected chi connectivity index (χ1v) is 10.8. The van der Waals surface area contributed by atoms with Crippen molar-refractivity contribution >= 4 is 0 Å². The minimum atomic E-state index is 0.548. The number of allylic oxidation sites excluding steroid dienone is 1. The van der Waals surface area contributed by atoms with Crippen molar-refractivity contribution in [2.75, 3.05) is 13.6 Å². The van der Waals surface area contributed by atoms with Crippen molar-refractivity contribution in [2.45, 2.75) is 117 Å². The van der Waals surface area contributed by atoms with Crippen LogP contribution in [0.2, 0.25) is 0 Å². The SMILES string of the molecule is CCCCCCCCCCCCCCCCN1C=C(C)N(C)C1C. The highest BCUT2D eigenvalue weighted by atomic mass is 15.4. The summed E-state index contributed by atoms with van der Waals surface area (Å²) in [4.78, 5) is 4.86. The molecule has 1 rings (SSSR count). The Morgan fingerprint density at radius 3 is 1.54 bits per heavy atom. The summed E-state index contributed by atoms with van der Waals surface area (Å²) in [6, 6.07) is 0. The molecule has 0 aliphatic carbocycles. The molecule has 0 aromatic rings. The molecule has 1 heterocycles. The molecule has 1 unspecified atom stereocenters. The lowest BCUT2D eigenvalue weighted by atomic mass is 10.0. The van der Waals surface area contributed by atoms with Gasteiger partial charge < -0.3 is 9.80 Å². The van der Waals surface area contributed by atoms with Crippen molar-refractivity contribution in [2.24, 2.45) is 0 Å². The minimum absolute atomic E-state index is 0.548. The summed E-state index contributed by atoms with van der Waals surface area (Å²) in [6.45, 7) is 8.03. The van der Waals surface area contributed by atoms with Gasteiger partial charge in [0.1, 0.15) is 0 Å². The number of hydrogen-bond acceptors (Lipinski definition) is 2. The Morgan fingerprint density at radius 1 is 0.750 bits per heavy atom. The van der Waals surface area contributed by atoms with Crippen molar-refractivity contribution in [3.8, 4) is 0 Å². The monoisotopic (exact) mass is 336 g/mol. The van der Waals surface area contributed by atoms with Crippen LogP contribution in [0, 0.1) is 0 Å². The second-order valence-electron chi connectivity index (χ2n) is 7.85. The van der Waals surface area contributed by atoms with Crippen molar-refractivity contribution in [1.29, 1.82) is 0 Å². The molecule has 0 saturated carbocycles. The Morgan fingerprint density at radius 2 is 1.17 bits per heavy atom. The van der Waals surface area contributed by atoms with Crippen LogP contribution in [0.15, 0.2) is 11.9 Å². The average molecular weight is 337 g/mol. The van der Waals surface area contributed by atoms with Gasteiger partial charge in [-0.3, -0.25) is 0 Å². The zero-order valence-corrected chi connectivity index (χ0v) is 17.2. The first-order valence-electron chi connectivity index (χ1n) is 10.8. The van der Waals surface area contributed by atoms with Gasteiger partial charge >= 0.3 is 0 Å². The van der Waals surface area contributed by atoms with Crippen LogP contribution < -0.4 is 0 Å².